The molecular weight excluding hydrogens is 361 g/mol. The molecule has 3 nitrogen and oxygen atoms in total. The van der Waals surface area contributed by atoms with Crippen LogP contribution in [0, 0.1) is 6.07 Å². The number of aromatic nitrogens is 3. The zero-order valence-electron chi connectivity index (χ0n) is 11.9. The third-order valence-corrected chi connectivity index (χ3v) is 3.78. The molecule has 0 amide bonds. The van der Waals surface area contributed by atoms with Crippen LogP contribution in [0.2, 0.25) is 0 Å². The van der Waals surface area contributed by atoms with Gasteiger partial charge in [-0.25, -0.2) is 9.97 Å². The van der Waals surface area contributed by atoms with Gasteiger partial charge in [-0.15, -0.1) is 18.2 Å². The second-order valence-corrected chi connectivity index (χ2v) is 5.21. The predicted octanol–water partition coefficient (Wildman–Crippen LogP) is 3.49. The first-order valence-electron chi connectivity index (χ1n) is 7.19. The van der Waals surface area contributed by atoms with Gasteiger partial charge in [0, 0.05) is 31.4 Å². The number of rotatable bonds is 2. The Labute approximate surface area is 142 Å². The number of aryl methyl sites for hydroxylation is 2. The van der Waals surface area contributed by atoms with E-state index in [-0.39, 0.29) is 19.5 Å². The number of hydrogen-bond donors (Lipinski definition) is 0. The molecule has 1 aliphatic rings. The molecule has 0 N–H and O–H groups in total. The normalized spacial score (nSPS) is 12.5. The van der Waals surface area contributed by atoms with Crippen molar-refractivity contribution >= 4 is 0 Å². The summed E-state index contributed by atoms with van der Waals surface area (Å²) in [5.41, 5.74) is 5.15. The van der Waals surface area contributed by atoms with Crippen LogP contribution in [-0.2, 0) is 32.3 Å². The zero-order chi connectivity index (χ0) is 14.1. The molecule has 0 saturated heterocycles. The maximum Gasteiger partial charge on any atom is 0.165 e. The molecule has 111 valence electrons. The number of hydrogen-bond acceptors (Lipinski definition) is 3. The Morgan fingerprint density at radius 1 is 0.955 bits per heavy atom. The van der Waals surface area contributed by atoms with Crippen molar-refractivity contribution in [3.63, 3.8) is 0 Å². The number of pyridine rings is 1. The number of fused-ring (bicyclic) bond motifs is 1. The van der Waals surface area contributed by atoms with Gasteiger partial charge < -0.3 is 0 Å². The van der Waals surface area contributed by atoms with Crippen LogP contribution in [0.3, 0.4) is 0 Å². The smallest absolute Gasteiger partial charge is 0.165 e. The molecular formula is C18H14N3Rh-. The minimum Gasteiger partial charge on any atom is -0.284 e. The van der Waals surface area contributed by atoms with Crippen molar-refractivity contribution < 1.29 is 19.5 Å². The van der Waals surface area contributed by atoms with Crippen molar-refractivity contribution in [2.75, 3.05) is 0 Å². The first kappa shape index (κ1) is 15.0. The standard InChI is InChI=1S/C18H14N3.Rh/c1-2-6-13(7-3-1)15-10-5-11-17(20-15)18-19-12-14-8-4-9-16(14)21-18;/h1-3,5-7,11-12H,4,8-9H2;/q-1;. The van der Waals surface area contributed by atoms with Crippen LogP contribution in [0.15, 0.2) is 48.7 Å². The number of benzene rings is 1. The third kappa shape index (κ3) is 2.84. The fraction of sp³-hybridized carbons (Fsp3) is 0.167. The SMILES string of the molecule is [Rh].[c-]1ccc(-c2ncc3c(n2)CCC3)nc1-c1ccccc1. The fourth-order valence-electron chi connectivity index (χ4n) is 2.70. The van der Waals surface area contributed by atoms with Crippen LogP contribution in [0.4, 0.5) is 0 Å². The maximum atomic E-state index is 4.67. The van der Waals surface area contributed by atoms with Gasteiger partial charge in [0.2, 0.25) is 0 Å². The van der Waals surface area contributed by atoms with E-state index in [1.54, 1.807) is 0 Å². The molecule has 0 atom stereocenters. The molecule has 0 aliphatic heterocycles. The molecule has 2 aromatic heterocycles. The maximum absolute atomic E-state index is 4.67. The Morgan fingerprint density at radius 2 is 1.82 bits per heavy atom. The molecule has 1 radical (unpaired) electrons. The molecule has 22 heavy (non-hydrogen) atoms. The predicted molar refractivity (Wildman–Crippen MR) is 81.6 cm³/mol. The van der Waals surface area contributed by atoms with Gasteiger partial charge in [-0.3, -0.25) is 4.98 Å². The third-order valence-electron chi connectivity index (χ3n) is 3.78. The van der Waals surface area contributed by atoms with Gasteiger partial charge >= 0.3 is 0 Å². The molecule has 4 rings (SSSR count). The second-order valence-electron chi connectivity index (χ2n) is 5.21. The molecule has 2 heterocycles. The largest absolute Gasteiger partial charge is 0.284 e. The summed E-state index contributed by atoms with van der Waals surface area (Å²) in [6, 6.07) is 17.1. The van der Waals surface area contributed by atoms with Crippen LogP contribution in [0.25, 0.3) is 22.8 Å². The van der Waals surface area contributed by atoms with Gasteiger partial charge in [-0.2, -0.15) is 12.1 Å². The molecule has 1 aromatic carbocycles. The van der Waals surface area contributed by atoms with Crippen LogP contribution in [0.1, 0.15) is 17.7 Å². The molecule has 3 aromatic rings. The number of nitrogens with zero attached hydrogens (tertiary/aromatic N) is 3. The van der Waals surface area contributed by atoms with Crippen molar-refractivity contribution in [1.82, 2.24) is 15.0 Å². The molecule has 0 bridgehead atoms. The van der Waals surface area contributed by atoms with E-state index in [4.69, 9.17) is 0 Å². The van der Waals surface area contributed by atoms with Crippen molar-refractivity contribution in [3.05, 3.63) is 66.0 Å². The van der Waals surface area contributed by atoms with Crippen LogP contribution in [-0.4, -0.2) is 15.0 Å². The Kier molecular flexibility index (Phi) is 4.40. The van der Waals surface area contributed by atoms with E-state index in [0.717, 1.165) is 29.8 Å². The van der Waals surface area contributed by atoms with Crippen LogP contribution in [0.5, 0.6) is 0 Å². The van der Waals surface area contributed by atoms with Crippen molar-refractivity contribution in [1.29, 1.82) is 0 Å². The van der Waals surface area contributed by atoms with E-state index in [1.807, 2.05) is 48.7 Å². The minimum atomic E-state index is 0. The van der Waals surface area contributed by atoms with E-state index in [2.05, 4.69) is 21.0 Å². The average Bonchev–Trinajstić information content (AvgIpc) is 3.03. The van der Waals surface area contributed by atoms with E-state index in [9.17, 15) is 0 Å². The summed E-state index contributed by atoms with van der Waals surface area (Å²) in [4.78, 5) is 13.8. The first-order chi connectivity index (χ1) is 10.4. The summed E-state index contributed by atoms with van der Waals surface area (Å²) in [6.45, 7) is 0. The van der Waals surface area contributed by atoms with Gasteiger partial charge in [0.15, 0.2) is 5.82 Å². The Hall–Kier alpha value is -1.93. The molecule has 4 heteroatoms. The molecule has 0 spiro atoms. The Bertz CT molecular complexity index is 787. The van der Waals surface area contributed by atoms with E-state index in [1.165, 1.54) is 17.7 Å². The minimum absolute atomic E-state index is 0. The van der Waals surface area contributed by atoms with Crippen LogP contribution < -0.4 is 0 Å². The topological polar surface area (TPSA) is 38.7 Å². The van der Waals surface area contributed by atoms with Crippen LogP contribution >= 0.6 is 0 Å². The quantitative estimate of drug-likeness (QED) is 0.509. The summed E-state index contributed by atoms with van der Waals surface area (Å²) in [5, 5.41) is 0. The van der Waals surface area contributed by atoms with Gasteiger partial charge in [0.1, 0.15) is 0 Å². The van der Waals surface area contributed by atoms with Gasteiger partial charge in [-0.05, 0) is 30.5 Å². The van der Waals surface area contributed by atoms with Crippen molar-refractivity contribution in [2.45, 2.75) is 19.3 Å². The van der Waals surface area contributed by atoms with E-state index in [0.29, 0.717) is 5.82 Å². The average molecular weight is 375 g/mol. The van der Waals surface area contributed by atoms with Gasteiger partial charge in [-0.1, -0.05) is 23.8 Å². The summed E-state index contributed by atoms with van der Waals surface area (Å²) in [5.74, 6) is 0.710. The Morgan fingerprint density at radius 3 is 2.68 bits per heavy atom. The molecule has 0 saturated carbocycles. The summed E-state index contributed by atoms with van der Waals surface area (Å²) < 4.78 is 0. The van der Waals surface area contributed by atoms with Crippen molar-refractivity contribution in [3.8, 4) is 22.8 Å². The van der Waals surface area contributed by atoms with Crippen molar-refractivity contribution in [2.24, 2.45) is 0 Å². The monoisotopic (exact) mass is 375 g/mol. The van der Waals surface area contributed by atoms with Gasteiger partial charge in [0.05, 0.1) is 5.69 Å². The summed E-state index contributed by atoms with van der Waals surface area (Å²) in [6.07, 6.45) is 5.28. The summed E-state index contributed by atoms with van der Waals surface area (Å²) in [7, 11) is 0. The molecule has 0 unspecified atom stereocenters. The first-order valence-corrected chi connectivity index (χ1v) is 7.19. The van der Waals surface area contributed by atoms with Gasteiger partial charge in [0.25, 0.3) is 0 Å². The fourth-order valence-corrected chi connectivity index (χ4v) is 2.70. The van der Waals surface area contributed by atoms with E-state index >= 15 is 0 Å². The summed E-state index contributed by atoms with van der Waals surface area (Å²) >= 11 is 0. The Balaban J connectivity index is 0.00000144. The molecule has 1 aliphatic carbocycles. The van der Waals surface area contributed by atoms with E-state index < -0.39 is 0 Å². The second kappa shape index (κ2) is 6.45. The zero-order valence-corrected chi connectivity index (χ0v) is 13.6. The molecule has 0 fully saturated rings.